The van der Waals surface area contributed by atoms with Crippen LogP contribution in [0.1, 0.15) is 37.7 Å². The highest BCUT2D eigenvalue weighted by atomic mass is 19.1. The number of nitrogens with one attached hydrogen (secondary N) is 1. The molecule has 24 heavy (non-hydrogen) atoms. The predicted molar refractivity (Wildman–Crippen MR) is 87.2 cm³/mol. The van der Waals surface area contributed by atoms with Gasteiger partial charge in [-0.15, -0.1) is 0 Å². The average molecular weight is 334 g/mol. The van der Waals surface area contributed by atoms with Crippen molar-refractivity contribution in [1.29, 1.82) is 0 Å². The molecule has 1 aromatic rings. The van der Waals surface area contributed by atoms with Gasteiger partial charge < -0.3 is 15.3 Å². The standard InChI is InChI=1S/C18H23FN2O3/c1-11-6-14(17(22)23)10-21(9-11)18(24)20-16-7-13(8-16)12-2-4-15(19)5-3-12/h2-5,11,13-14,16H,6-10H2,1H3,(H,20,24)(H,22,23). The van der Waals surface area contributed by atoms with Gasteiger partial charge in [0.25, 0.3) is 0 Å². The van der Waals surface area contributed by atoms with Crippen molar-refractivity contribution in [1.82, 2.24) is 10.2 Å². The van der Waals surface area contributed by atoms with Crippen LogP contribution in [0.15, 0.2) is 24.3 Å². The number of amides is 2. The molecule has 2 amide bonds. The van der Waals surface area contributed by atoms with Gasteiger partial charge in [0.2, 0.25) is 0 Å². The van der Waals surface area contributed by atoms with Crippen LogP contribution in [0.4, 0.5) is 9.18 Å². The van der Waals surface area contributed by atoms with Gasteiger partial charge in [-0.1, -0.05) is 19.1 Å². The van der Waals surface area contributed by atoms with Crippen LogP contribution in [0, 0.1) is 17.7 Å². The minimum Gasteiger partial charge on any atom is -0.481 e. The van der Waals surface area contributed by atoms with Gasteiger partial charge >= 0.3 is 12.0 Å². The van der Waals surface area contributed by atoms with E-state index in [-0.39, 0.29) is 30.4 Å². The van der Waals surface area contributed by atoms with Crippen LogP contribution in [0.5, 0.6) is 0 Å². The van der Waals surface area contributed by atoms with Crippen molar-refractivity contribution in [2.24, 2.45) is 11.8 Å². The molecule has 6 heteroatoms. The number of likely N-dealkylation sites (tertiary alicyclic amines) is 1. The van der Waals surface area contributed by atoms with Crippen molar-refractivity contribution >= 4 is 12.0 Å². The Morgan fingerprint density at radius 3 is 2.46 bits per heavy atom. The molecule has 1 saturated heterocycles. The van der Waals surface area contributed by atoms with E-state index in [9.17, 15) is 19.1 Å². The first-order chi connectivity index (χ1) is 11.4. The average Bonchev–Trinajstić information content (AvgIpc) is 2.50. The molecular weight excluding hydrogens is 311 g/mol. The Morgan fingerprint density at radius 1 is 1.17 bits per heavy atom. The fourth-order valence-corrected chi connectivity index (χ4v) is 3.71. The summed E-state index contributed by atoms with van der Waals surface area (Å²) in [5, 5.41) is 12.2. The molecule has 0 bridgehead atoms. The van der Waals surface area contributed by atoms with Gasteiger partial charge in [-0.05, 0) is 48.8 Å². The number of nitrogens with zero attached hydrogens (tertiary/aromatic N) is 1. The fraction of sp³-hybridized carbons (Fsp3) is 0.556. The minimum absolute atomic E-state index is 0.105. The zero-order chi connectivity index (χ0) is 17.3. The molecule has 2 unspecified atom stereocenters. The Kier molecular flexibility index (Phi) is 4.73. The second-order valence-corrected chi connectivity index (χ2v) is 7.15. The Hall–Kier alpha value is -2.11. The number of carboxylic acids is 1. The van der Waals surface area contributed by atoms with Crippen LogP contribution in [0.25, 0.3) is 0 Å². The van der Waals surface area contributed by atoms with E-state index in [1.807, 2.05) is 6.92 Å². The summed E-state index contributed by atoms with van der Waals surface area (Å²) < 4.78 is 12.9. The SMILES string of the molecule is CC1CC(C(=O)O)CN(C(=O)NC2CC(c3ccc(F)cc3)C2)C1. The number of aliphatic carboxylic acids is 1. The number of rotatable bonds is 3. The lowest BCUT2D eigenvalue weighted by Crippen LogP contribution is -2.53. The third-order valence-corrected chi connectivity index (χ3v) is 5.10. The van der Waals surface area contributed by atoms with Crippen molar-refractivity contribution in [3.8, 4) is 0 Å². The lowest BCUT2D eigenvalue weighted by atomic mass is 9.76. The summed E-state index contributed by atoms with van der Waals surface area (Å²) in [5.41, 5.74) is 1.10. The van der Waals surface area contributed by atoms with Gasteiger partial charge in [-0.25, -0.2) is 9.18 Å². The molecule has 2 N–H and O–H groups in total. The lowest BCUT2D eigenvalue weighted by molar-refractivity contribution is -0.143. The molecule has 2 aliphatic rings. The highest BCUT2D eigenvalue weighted by Crippen LogP contribution is 2.37. The molecule has 3 rings (SSSR count). The van der Waals surface area contributed by atoms with Gasteiger partial charge in [0.1, 0.15) is 5.82 Å². The molecule has 0 radical (unpaired) electrons. The van der Waals surface area contributed by atoms with Gasteiger partial charge in [0.05, 0.1) is 5.92 Å². The highest BCUT2D eigenvalue weighted by molar-refractivity contribution is 5.77. The Labute approximate surface area is 140 Å². The maximum atomic E-state index is 12.9. The molecule has 1 saturated carbocycles. The smallest absolute Gasteiger partial charge is 0.317 e. The summed E-state index contributed by atoms with van der Waals surface area (Å²) in [4.78, 5) is 25.2. The Balaban J connectivity index is 1.49. The molecule has 1 aromatic carbocycles. The monoisotopic (exact) mass is 334 g/mol. The lowest BCUT2D eigenvalue weighted by Gasteiger charge is -2.40. The number of carbonyl (C=O) groups is 2. The van der Waals surface area contributed by atoms with Crippen LogP contribution in [-0.2, 0) is 4.79 Å². The number of carbonyl (C=O) groups excluding carboxylic acids is 1. The first kappa shape index (κ1) is 16.7. The van der Waals surface area contributed by atoms with Gasteiger partial charge in [-0.3, -0.25) is 4.79 Å². The number of hydrogen-bond acceptors (Lipinski definition) is 2. The number of piperidine rings is 1. The largest absolute Gasteiger partial charge is 0.481 e. The van der Waals surface area contributed by atoms with Crippen LogP contribution in [0.2, 0.25) is 0 Å². The van der Waals surface area contributed by atoms with E-state index in [1.165, 1.54) is 12.1 Å². The van der Waals surface area contributed by atoms with E-state index in [0.717, 1.165) is 18.4 Å². The predicted octanol–water partition coefficient (Wildman–Crippen LogP) is 2.82. The van der Waals surface area contributed by atoms with Crippen molar-refractivity contribution in [2.45, 2.75) is 38.1 Å². The maximum absolute atomic E-state index is 12.9. The van der Waals surface area contributed by atoms with Crippen LogP contribution < -0.4 is 5.32 Å². The molecule has 2 atom stereocenters. The molecule has 1 aliphatic carbocycles. The zero-order valence-corrected chi connectivity index (χ0v) is 13.7. The molecule has 0 aromatic heterocycles. The highest BCUT2D eigenvalue weighted by Gasteiger charge is 2.35. The quantitative estimate of drug-likeness (QED) is 0.893. The van der Waals surface area contributed by atoms with Crippen molar-refractivity contribution in [2.75, 3.05) is 13.1 Å². The number of carboxylic acid groups (broad SMARTS) is 1. The molecule has 1 heterocycles. The number of benzene rings is 1. The summed E-state index contributed by atoms with van der Waals surface area (Å²) >= 11 is 0. The van der Waals surface area contributed by atoms with E-state index in [0.29, 0.717) is 18.9 Å². The zero-order valence-electron chi connectivity index (χ0n) is 13.7. The van der Waals surface area contributed by atoms with E-state index in [2.05, 4.69) is 5.32 Å². The Bertz CT molecular complexity index is 613. The van der Waals surface area contributed by atoms with Crippen molar-refractivity contribution < 1.29 is 19.1 Å². The number of hydrogen-bond donors (Lipinski definition) is 2. The van der Waals surface area contributed by atoms with Crippen LogP contribution in [-0.4, -0.2) is 41.1 Å². The first-order valence-corrected chi connectivity index (χ1v) is 8.46. The molecule has 1 aliphatic heterocycles. The number of halogens is 1. The van der Waals surface area contributed by atoms with Crippen molar-refractivity contribution in [3.63, 3.8) is 0 Å². The number of urea groups is 1. The summed E-state index contributed by atoms with van der Waals surface area (Å²) in [7, 11) is 0. The fourth-order valence-electron chi connectivity index (χ4n) is 3.71. The van der Waals surface area contributed by atoms with Crippen LogP contribution >= 0.6 is 0 Å². The van der Waals surface area contributed by atoms with E-state index in [1.54, 1.807) is 17.0 Å². The van der Waals surface area contributed by atoms with E-state index in [4.69, 9.17) is 0 Å². The summed E-state index contributed by atoms with van der Waals surface area (Å²) in [6.45, 7) is 2.85. The molecule has 5 nitrogen and oxygen atoms in total. The topological polar surface area (TPSA) is 69.6 Å². The maximum Gasteiger partial charge on any atom is 0.317 e. The van der Waals surface area contributed by atoms with Crippen LogP contribution in [0.3, 0.4) is 0 Å². The normalized spacial score (nSPS) is 29.7. The first-order valence-electron chi connectivity index (χ1n) is 8.46. The van der Waals surface area contributed by atoms with Gasteiger partial charge in [0, 0.05) is 19.1 Å². The van der Waals surface area contributed by atoms with E-state index >= 15 is 0 Å². The summed E-state index contributed by atoms with van der Waals surface area (Å²) in [6, 6.07) is 6.44. The third kappa shape index (κ3) is 3.68. The Morgan fingerprint density at radius 2 is 1.83 bits per heavy atom. The van der Waals surface area contributed by atoms with Crippen molar-refractivity contribution in [3.05, 3.63) is 35.6 Å². The van der Waals surface area contributed by atoms with Gasteiger partial charge in [-0.2, -0.15) is 0 Å². The summed E-state index contributed by atoms with van der Waals surface area (Å²) in [5.74, 6) is -1.01. The molecule has 2 fully saturated rings. The van der Waals surface area contributed by atoms with Gasteiger partial charge in [0.15, 0.2) is 0 Å². The second-order valence-electron chi connectivity index (χ2n) is 7.15. The molecule has 130 valence electrons. The molecular formula is C18H23FN2O3. The second kappa shape index (κ2) is 6.79. The van der Waals surface area contributed by atoms with E-state index < -0.39 is 11.9 Å². The molecule has 0 spiro atoms. The minimum atomic E-state index is -0.834. The third-order valence-electron chi connectivity index (χ3n) is 5.10. The summed E-state index contributed by atoms with van der Waals surface area (Å²) in [6.07, 6.45) is 2.29.